The Bertz CT molecular complexity index is 2860. The lowest BCUT2D eigenvalue weighted by molar-refractivity contribution is 1.28. The van der Waals surface area contributed by atoms with Gasteiger partial charge in [0.1, 0.15) is 0 Å². The van der Waals surface area contributed by atoms with Gasteiger partial charge in [-0.1, -0.05) is 194 Å². The van der Waals surface area contributed by atoms with E-state index in [0.717, 1.165) is 17.1 Å². The number of benzene rings is 10. The average Bonchev–Trinajstić information content (AvgIpc) is 3.30. The lowest BCUT2D eigenvalue weighted by atomic mass is 9.87. The van der Waals surface area contributed by atoms with Crippen molar-refractivity contribution in [3.05, 3.63) is 237 Å². The van der Waals surface area contributed by atoms with Crippen LogP contribution in [-0.2, 0) is 0 Å². The first-order valence-electron chi connectivity index (χ1n) is 19.6. The minimum Gasteiger partial charge on any atom is -0.310 e. The molecule has 57 heavy (non-hydrogen) atoms. The van der Waals surface area contributed by atoms with E-state index in [1.165, 1.54) is 77.2 Å². The summed E-state index contributed by atoms with van der Waals surface area (Å²) in [6.45, 7) is 0. The third-order valence-electron chi connectivity index (χ3n) is 11.1. The Hall–Kier alpha value is -7.48. The summed E-state index contributed by atoms with van der Waals surface area (Å²) in [6, 6.07) is 85.8. The Kier molecular flexibility index (Phi) is 8.95. The van der Waals surface area contributed by atoms with Crippen LogP contribution in [0.3, 0.4) is 0 Å². The molecule has 0 unspecified atom stereocenters. The predicted octanol–water partition coefficient (Wildman–Crippen LogP) is 15.8. The largest absolute Gasteiger partial charge is 0.310 e. The van der Waals surface area contributed by atoms with Crippen molar-refractivity contribution in [3.8, 4) is 55.6 Å². The second-order valence-corrected chi connectivity index (χ2v) is 14.5. The van der Waals surface area contributed by atoms with Crippen molar-refractivity contribution in [2.45, 2.75) is 0 Å². The van der Waals surface area contributed by atoms with Gasteiger partial charge in [-0.15, -0.1) is 0 Å². The quantitative estimate of drug-likeness (QED) is 0.151. The van der Waals surface area contributed by atoms with Gasteiger partial charge in [-0.25, -0.2) is 0 Å². The fraction of sp³-hybridized carbons (Fsp3) is 0. The Morgan fingerprint density at radius 2 is 0.632 bits per heavy atom. The molecule has 0 aliphatic carbocycles. The number of rotatable bonds is 8. The molecule has 0 spiro atoms. The van der Waals surface area contributed by atoms with Gasteiger partial charge in [0, 0.05) is 16.9 Å². The Labute approximate surface area is 334 Å². The van der Waals surface area contributed by atoms with Crippen molar-refractivity contribution in [3.63, 3.8) is 0 Å². The topological polar surface area (TPSA) is 3.24 Å². The standard InChI is InChI=1S/C56H39N/c1-3-16-44(17-4-1)52-22-11-12-23-54(52)56-53(45-18-5-2-6-19-45)24-13-25-55(56)57(50-34-30-42(31-35-50)48-28-26-40-14-7-9-20-46(40)38-48)51-36-32-43(33-37-51)49-29-27-41-15-8-10-21-47(41)39-49/h1-39H. The molecule has 10 aromatic rings. The third-order valence-corrected chi connectivity index (χ3v) is 11.1. The summed E-state index contributed by atoms with van der Waals surface area (Å²) in [5, 5.41) is 4.98. The fourth-order valence-electron chi connectivity index (χ4n) is 8.21. The lowest BCUT2D eigenvalue weighted by Gasteiger charge is -2.30. The number of fused-ring (bicyclic) bond motifs is 2. The van der Waals surface area contributed by atoms with Gasteiger partial charge in [-0.05, 0) is 114 Å². The van der Waals surface area contributed by atoms with E-state index in [9.17, 15) is 0 Å². The van der Waals surface area contributed by atoms with Gasteiger partial charge in [0.2, 0.25) is 0 Å². The van der Waals surface area contributed by atoms with Crippen molar-refractivity contribution < 1.29 is 0 Å². The molecular formula is C56H39N. The Morgan fingerprint density at radius 3 is 1.16 bits per heavy atom. The maximum absolute atomic E-state index is 2.43. The molecule has 0 aromatic heterocycles. The van der Waals surface area contributed by atoms with Crippen LogP contribution in [0.2, 0.25) is 0 Å². The van der Waals surface area contributed by atoms with Gasteiger partial charge in [0.05, 0.1) is 5.69 Å². The third kappa shape index (κ3) is 6.66. The van der Waals surface area contributed by atoms with E-state index in [0.29, 0.717) is 0 Å². The van der Waals surface area contributed by atoms with Crippen molar-refractivity contribution in [1.82, 2.24) is 0 Å². The van der Waals surface area contributed by atoms with Crippen LogP contribution in [0.25, 0.3) is 77.2 Å². The predicted molar refractivity (Wildman–Crippen MR) is 243 cm³/mol. The van der Waals surface area contributed by atoms with Crippen LogP contribution < -0.4 is 4.90 Å². The smallest absolute Gasteiger partial charge is 0.0546 e. The first-order valence-corrected chi connectivity index (χ1v) is 19.6. The highest BCUT2D eigenvalue weighted by molar-refractivity contribution is 6.01. The van der Waals surface area contributed by atoms with Crippen LogP contribution in [-0.4, -0.2) is 0 Å². The number of hydrogen-bond acceptors (Lipinski definition) is 1. The molecule has 10 rings (SSSR count). The van der Waals surface area contributed by atoms with Gasteiger partial charge < -0.3 is 4.90 Å². The maximum Gasteiger partial charge on any atom is 0.0546 e. The molecule has 10 aromatic carbocycles. The Morgan fingerprint density at radius 1 is 0.228 bits per heavy atom. The van der Waals surface area contributed by atoms with E-state index in [4.69, 9.17) is 0 Å². The van der Waals surface area contributed by atoms with Crippen LogP contribution in [0, 0.1) is 0 Å². The Balaban J connectivity index is 1.17. The highest BCUT2D eigenvalue weighted by Gasteiger charge is 2.23. The van der Waals surface area contributed by atoms with E-state index < -0.39 is 0 Å². The molecule has 0 heterocycles. The molecule has 0 radical (unpaired) electrons. The molecule has 0 bridgehead atoms. The minimum atomic E-state index is 1.08. The number of anilines is 3. The van der Waals surface area contributed by atoms with Crippen molar-refractivity contribution in [2.75, 3.05) is 4.90 Å². The van der Waals surface area contributed by atoms with Gasteiger partial charge in [0.15, 0.2) is 0 Å². The molecule has 0 aliphatic heterocycles. The number of nitrogens with zero attached hydrogens (tertiary/aromatic N) is 1. The van der Waals surface area contributed by atoms with Gasteiger partial charge in [0.25, 0.3) is 0 Å². The summed E-state index contributed by atoms with van der Waals surface area (Å²) in [6.07, 6.45) is 0. The maximum atomic E-state index is 2.43. The first-order chi connectivity index (χ1) is 28.3. The van der Waals surface area contributed by atoms with E-state index >= 15 is 0 Å². The molecule has 0 N–H and O–H groups in total. The van der Waals surface area contributed by atoms with Crippen molar-refractivity contribution in [1.29, 1.82) is 0 Å². The number of hydrogen-bond donors (Lipinski definition) is 0. The van der Waals surface area contributed by atoms with Crippen molar-refractivity contribution >= 4 is 38.6 Å². The molecule has 268 valence electrons. The molecular weight excluding hydrogens is 687 g/mol. The molecule has 0 saturated carbocycles. The van der Waals surface area contributed by atoms with E-state index in [-0.39, 0.29) is 0 Å². The highest BCUT2D eigenvalue weighted by Crippen LogP contribution is 2.48. The van der Waals surface area contributed by atoms with Gasteiger partial charge in [-0.3, -0.25) is 0 Å². The van der Waals surface area contributed by atoms with E-state index in [2.05, 4.69) is 241 Å². The van der Waals surface area contributed by atoms with Crippen LogP contribution in [0.5, 0.6) is 0 Å². The first kappa shape index (κ1) is 34.0. The normalized spacial score (nSPS) is 11.2. The van der Waals surface area contributed by atoms with Gasteiger partial charge >= 0.3 is 0 Å². The molecule has 0 amide bonds. The summed E-state index contributed by atoms with van der Waals surface area (Å²) in [5.41, 5.74) is 15.2. The SMILES string of the molecule is c1ccc(-c2ccccc2-c2c(-c3ccccc3)cccc2N(c2ccc(-c3ccc4ccccc4c3)cc2)c2ccc(-c3ccc4ccccc4c3)cc2)cc1. The average molecular weight is 726 g/mol. The lowest BCUT2D eigenvalue weighted by Crippen LogP contribution is -2.12. The second kappa shape index (κ2) is 15.0. The molecule has 0 saturated heterocycles. The molecule has 0 fully saturated rings. The van der Waals surface area contributed by atoms with E-state index in [1.807, 2.05) is 0 Å². The zero-order valence-corrected chi connectivity index (χ0v) is 31.5. The molecule has 1 heteroatoms. The monoisotopic (exact) mass is 725 g/mol. The van der Waals surface area contributed by atoms with Crippen LogP contribution in [0.1, 0.15) is 0 Å². The second-order valence-electron chi connectivity index (χ2n) is 14.5. The zero-order chi connectivity index (χ0) is 38.0. The van der Waals surface area contributed by atoms with Crippen LogP contribution >= 0.6 is 0 Å². The summed E-state index contributed by atoms with van der Waals surface area (Å²) < 4.78 is 0. The summed E-state index contributed by atoms with van der Waals surface area (Å²) in [4.78, 5) is 2.43. The minimum absolute atomic E-state index is 1.08. The summed E-state index contributed by atoms with van der Waals surface area (Å²) in [5.74, 6) is 0. The van der Waals surface area contributed by atoms with E-state index in [1.54, 1.807) is 0 Å². The molecule has 0 atom stereocenters. The van der Waals surface area contributed by atoms with Gasteiger partial charge in [-0.2, -0.15) is 0 Å². The van der Waals surface area contributed by atoms with Crippen LogP contribution in [0.15, 0.2) is 237 Å². The summed E-state index contributed by atoms with van der Waals surface area (Å²) in [7, 11) is 0. The van der Waals surface area contributed by atoms with Crippen molar-refractivity contribution in [2.24, 2.45) is 0 Å². The molecule has 0 aliphatic rings. The molecule has 1 nitrogen and oxygen atoms in total. The van der Waals surface area contributed by atoms with Crippen LogP contribution in [0.4, 0.5) is 17.1 Å². The zero-order valence-electron chi connectivity index (χ0n) is 31.5. The fourth-order valence-corrected chi connectivity index (χ4v) is 8.21. The highest BCUT2D eigenvalue weighted by atomic mass is 15.1. The summed E-state index contributed by atoms with van der Waals surface area (Å²) >= 11 is 0.